The SMILES string of the molecule is Cc1ccc(-c2cnc(CCC(=O)OCC(=O)Nc3cc(C)nn3C)o2)cc1. The maximum absolute atomic E-state index is 11.9. The molecule has 146 valence electrons. The van der Waals surface area contributed by atoms with Crippen LogP contribution < -0.4 is 5.32 Å². The number of aryl methyl sites for hydroxylation is 4. The molecule has 2 aromatic heterocycles. The third kappa shape index (κ3) is 5.06. The molecule has 1 amide bonds. The van der Waals surface area contributed by atoms with Gasteiger partial charge in [-0.1, -0.05) is 29.8 Å². The lowest BCUT2D eigenvalue weighted by molar-refractivity contribution is -0.147. The number of hydrogen-bond donors (Lipinski definition) is 1. The molecule has 0 fully saturated rings. The molecule has 2 heterocycles. The zero-order valence-electron chi connectivity index (χ0n) is 16.1. The minimum absolute atomic E-state index is 0.0753. The summed E-state index contributed by atoms with van der Waals surface area (Å²) in [5.74, 6) is 0.721. The zero-order chi connectivity index (χ0) is 20.1. The Bertz CT molecular complexity index is 973. The lowest BCUT2D eigenvalue weighted by atomic mass is 10.1. The van der Waals surface area contributed by atoms with E-state index in [2.05, 4.69) is 15.4 Å². The van der Waals surface area contributed by atoms with Gasteiger partial charge >= 0.3 is 5.97 Å². The van der Waals surface area contributed by atoms with Crippen molar-refractivity contribution in [1.82, 2.24) is 14.8 Å². The van der Waals surface area contributed by atoms with E-state index in [4.69, 9.17) is 9.15 Å². The summed E-state index contributed by atoms with van der Waals surface area (Å²) in [4.78, 5) is 27.9. The molecule has 1 aromatic carbocycles. The first-order valence-corrected chi connectivity index (χ1v) is 8.88. The van der Waals surface area contributed by atoms with Crippen LogP contribution >= 0.6 is 0 Å². The number of amides is 1. The Kier molecular flexibility index (Phi) is 5.88. The summed E-state index contributed by atoms with van der Waals surface area (Å²) >= 11 is 0. The largest absolute Gasteiger partial charge is 0.456 e. The second kappa shape index (κ2) is 8.51. The molecule has 0 saturated carbocycles. The summed E-state index contributed by atoms with van der Waals surface area (Å²) in [5.41, 5.74) is 2.87. The lowest BCUT2D eigenvalue weighted by Crippen LogP contribution is -2.22. The van der Waals surface area contributed by atoms with E-state index in [0.717, 1.165) is 16.8 Å². The molecular weight excluding hydrogens is 360 g/mol. The van der Waals surface area contributed by atoms with Crippen molar-refractivity contribution in [3.05, 3.63) is 53.7 Å². The standard InChI is InChI=1S/C20H22N4O4/c1-13-4-6-15(7-5-13)16-11-21-19(28-16)8-9-20(26)27-12-18(25)22-17-10-14(2)23-24(17)3/h4-7,10-11H,8-9,12H2,1-3H3,(H,22,25). The van der Waals surface area contributed by atoms with Gasteiger partial charge in [-0.25, -0.2) is 4.98 Å². The number of ether oxygens (including phenoxy) is 1. The number of aromatic nitrogens is 3. The number of nitrogens with one attached hydrogen (secondary N) is 1. The first-order valence-electron chi connectivity index (χ1n) is 8.88. The van der Waals surface area contributed by atoms with Gasteiger partial charge in [-0.15, -0.1) is 0 Å². The van der Waals surface area contributed by atoms with Crippen LogP contribution in [0.3, 0.4) is 0 Å². The average molecular weight is 382 g/mol. The summed E-state index contributed by atoms with van der Waals surface area (Å²) in [7, 11) is 1.72. The van der Waals surface area contributed by atoms with Gasteiger partial charge in [0.25, 0.3) is 5.91 Å². The Balaban J connectivity index is 1.43. The number of anilines is 1. The Hall–Kier alpha value is -3.42. The molecule has 0 aliphatic carbocycles. The highest BCUT2D eigenvalue weighted by atomic mass is 16.5. The maximum Gasteiger partial charge on any atom is 0.306 e. The van der Waals surface area contributed by atoms with Crippen LogP contribution in [0.5, 0.6) is 0 Å². The molecular formula is C20H22N4O4. The van der Waals surface area contributed by atoms with E-state index in [9.17, 15) is 9.59 Å². The van der Waals surface area contributed by atoms with Crippen LogP contribution in [-0.2, 0) is 27.8 Å². The van der Waals surface area contributed by atoms with Crippen molar-refractivity contribution >= 4 is 17.7 Å². The van der Waals surface area contributed by atoms with E-state index in [1.54, 1.807) is 24.0 Å². The molecule has 8 nitrogen and oxygen atoms in total. The van der Waals surface area contributed by atoms with Crippen molar-refractivity contribution in [2.24, 2.45) is 7.05 Å². The summed E-state index contributed by atoms with van der Waals surface area (Å²) in [5, 5.41) is 6.77. The molecule has 0 bridgehead atoms. The average Bonchev–Trinajstić information content (AvgIpc) is 3.25. The van der Waals surface area contributed by atoms with Gasteiger partial charge in [-0.05, 0) is 13.8 Å². The first kappa shape index (κ1) is 19.3. The number of rotatable bonds is 7. The van der Waals surface area contributed by atoms with E-state index in [1.807, 2.05) is 38.1 Å². The van der Waals surface area contributed by atoms with E-state index in [1.165, 1.54) is 0 Å². The first-order chi connectivity index (χ1) is 13.4. The van der Waals surface area contributed by atoms with Crippen molar-refractivity contribution in [2.45, 2.75) is 26.7 Å². The summed E-state index contributed by atoms with van der Waals surface area (Å²) < 4.78 is 12.2. The number of nitrogens with zero attached hydrogens (tertiary/aromatic N) is 3. The highest BCUT2D eigenvalue weighted by molar-refractivity contribution is 5.92. The highest BCUT2D eigenvalue weighted by Gasteiger charge is 2.13. The van der Waals surface area contributed by atoms with E-state index in [-0.39, 0.29) is 13.0 Å². The summed E-state index contributed by atoms with van der Waals surface area (Å²) in [6, 6.07) is 9.62. The predicted octanol–water partition coefficient (Wildman–Crippen LogP) is 2.81. The molecule has 3 aromatic rings. The molecule has 3 rings (SSSR count). The van der Waals surface area contributed by atoms with Crippen molar-refractivity contribution in [3.8, 4) is 11.3 Å². The molecule has 8 heteroatoms. The van der Waals surface area contributed by atoms with Crippen LogP contribution in [0.1, 0.15) is 23.6 Å². The van der Waals surface area contributed by atoms with Gasteiger partial charge < -0.3 is 14.5 Å². The van der Waals surface area contributed by atoms with E-state index >= 15 is 0 Å². The fourth-order valence-corrected chi connectivity index (χ4v) is 2.61. The normalized spacial score (nSPS) is 10.7. The third-order valence-corrected chi connectivity index (χ3v) is 4.07. The van der Waals surface area contributed by atoms with Crippen LogP contribution in [0.15, 0.2) is 40.9 Å². The van der Waals surface area contributed by atoms with Gasteiger partial charge in [0.15, 0.2) is 18.3 Å². The molecule has 1 N–H and O–H groups in total. The van der Waals surface area contributed by atoms with Crippen molar-refractivity contribution in [3.63, 3.8) is 0 Å². The quantitative estimate of drug-likeness (QED) is 0.631. The van der Waals surface area contributed by atoms with Gasteiger partial charge in [-0.3, -0.25) is 14.3 Å². The molecule has 0 spiro atoms. The molecule has 0 atom stereocenters. The van der Waals surface area contributed by atoms with Crippen molar-refractivity contribution in [1.29, 1.82) is 0 Å². The topological polar surface area (TPSA) is 99.2 Å². The molecule has 28 heavy (non-hydrogen) atoms. The molecule has 0 unspecified atom stereocenters. The fourth-order valence-electron chi connectivity index (χ4n) is 2.61. The monoisotopic (exact) mass is 382 g/mol. The Labute approximate surface area is 162 Å². The van der Waals surface area contributed by atoms with E-state index < -0.39 is 11.9 Å². The number of benzene rings is 1. The van der Waals surface area contributed by atoms with Crippen LogP contribution in [0, 0.1) is 13.8 Å². The lowest BCUT2D eigenvalue weighted by Gasteiger charge is -2.06. The van der Waals surface area contributed by atoms with Gasteiger partial charge in [0.2, 0.25) is 0 Å². The van der Waals surface area contributed by atoms with Gasteiger partial charge in [0.1, 0.15) is 5.82 Å². The smallest absolute Gasteiger partial charge is 0.306 e. The Morgan fingerprint density at radius 1 is 1.21 bits per heavy atom. The van der Waals surface area contributed by atoms with E-state index in [0.29, 0.717) is 23.9 Å². The number of carbonyl (C=O) groups is 2. The Morgan fingerprint density at radius 2 is 1.96 bits per heavy atom. The summed E-state index contributed by atoms with van der Waals surface area (Å²) in [6.45, 7) is 3.48. The minimum Gasteiger partial charge on any atom is -0.456 e. The second-order valence-electron chi connectivity index (χ2n) is 6.49. The fraction of sp³-hybridized carbons (Fsp3) is 0.300. The van der Waals surface area contributed by atoms with Gasteiger partial charge in [-0.2, -0.15) is 5.10 Å². The van der Waals surface area contributed by atoms with Crippen LogP contribution in [0.25, 0.3) is 11.3 Å². The highest BCUT2D eigenvalue weighted by Crippen LogP contribution is 2.21. The molecule has 0 radical (unpaired) electrons. The van der Waals surface area contributed by atoms with Crippen molar-refractivity contribution < 1.29 is 18.7 Å². The minimum atomic E-state index is -0.494. The zero-order valence-corrected chi connectivity index (χ0v) is 16.1. The molecule has 0 aliphatic rings. The molecule has 0 aliphatic heterocycles. The van der Waals surface area contributed by atoms with Gasteiger partial charge in [0, 0.05) is 25.1 Å². The van der Waals surface area contributed by atoms with Crippen LogP contribution in [0.4, 0.5) is 5.82 Å². The number of esters is 1. The Morgan fingerprint density at radius 3 is 2.64 bits per heavy atom. The molecule has 0 saturated heterocycles. The van der Waals surface area contributed by atoms with Gasteiger partial charge in [0.05, 0.1) is 18.3 Å². The number of oxazole rings is 1. The number of carbonyl (C=O) groups excluding carboxylic acids is 2. The maximum atomic E-state index is 11.9. The summed E-state index contributed by atoms with van der Waals surface area (Å²) in [6.07, 6.45) is 2.01. The predicted molar refractivity (Wildman–Crippen MR) is 103 cm³/mol. The van der Waals surface area contributed by atoms with Crippen LogP contribution in [-0.4, -0.2) is 33.2 Å². The third-order valence-electron chi connectivity index (χ3n) is 4.07. The number of hydrogen-bond acceptors (Lipinski definition) is 6. The second-order valence-corrected chi connectivity index (χ2v) is 6.49. The van der Waals surface area contributed by atoms with Crippen LogP contribution in [0.2, 0.25) is 0 Å². The van der Waals surface area contributed by atoms with Crippen molar-refractivity contribution in [2.75, 3.05) is 11.9 Å².